The number of ether oxygens (including phenoxy) is 2. The van der Waals surface area contributed by atoms with Gasteiger partial charge >= 0.3 is 5.97 Å². The minimum absolute atomic E-state index is 0.0271. The van der Waals surface area contributed by atoms with Crippen molar-refractivity contribution in [3.63, 3.8) is 0 Å². The number of hydrogen-bond acceptors (Lipinski definition) is 4. The Morgan fingerprint density at radius 3 is 2.60 bits per heavy atom. The summed E-state index contributed by atoms with van der Waals surface area (Å²) in [7, 11) is 0. The second kappa shape index (κ2) is 11.9. The number of unbranched alkanes of at least 4 members (excludes halogenated alkanes) is 4. The van der Waals surface area contributed by atoms with Crippen LogP contribution in [-0.4, -0.2) is 37.2 Å². The van der Waals surface area contributed by atoms with Gasteiger partial charge in [-0.2, -0.15) is 0 Å². The fourth-order valence-electron chi connectivity index (χ4n) is 4.26. The van der Waals surface area contributed by atoms with Gasteiger partial charge in [0.1, 0.15) is 5.75 Å². The molecule has 2 aromatic carbocycles. The Hall–Kier alpha value is -2.07. The van der Waals surface area contributed by atoms with Gasteiger partial charge in [0.25, 0.3) is 0 Å². The van der Waals surface area contributed by atoms with E-state index >= 15 is 0 Å². The molecule has 4 heteroatoms. The van der Waals surface area contributed by atoms with Gasteiger partial charge in [0.05, 0.1) is 19.1 Å². The maximum Gasteiger partial charge on any atom is 0.309 e. The number of piperidine rings is 1. The van der Waals surface area contributed by atoms with Crippen LogP contribution >= 0.6 is 0 Å². The molecule has 1 fully saturated rings. The lowest BCUT2D eigenvalue weighted by Gasteiger charge is -2.30. The highest BCUT2D eigenvalue weighted by molar-refractivity contribution is 5.88. The van der Waals surface area contributed by atoms with E-state index < -0.39 is 0 Å². The summed E-state index contributed by atoms with van der Waals surface area (Å²) in [6, 6.07) is 13.0. The van der Waals surface area contributed by atoms with Gasteiger partial charge in [0, 0.05) is 11.9 Å². The maximum absolute atomic E-state index is 11.9. The van der Waals surface area contributed by atoms with Crippen molar-refractivity contribution in [2.24, 2.45) is 5.92 Å². The third-order valence-electron chi connectivity index (χ3n) is 6.02. The first kappa shape index (κ1) is 22.6. The number of hydrogen-bond donors (Lipinski definition) is 0. The largest absolute Gasteiger partial charge is 0.493 e. The van der Waals surface area contributed by atoms with Crippen LogP contribution in [-0.2, 0) is 16.1 Å². The number of nitrogens with zero attached hydrogens (tertiary/aromatic N) is 1. The smallest absolute Gasteiger partial charge is 0.309 e. The topological polar surface area (TPSA) is 38.8 Å². The van der Waals surface area contributed by atoms with E-state index in [2.05, 4.69) is 48.2 Å². The van der Waals surface area contributed by atoms with E-state index in [-0.39, 0.29) is 11.9 Å². The molecular formula is C26H37NO3. The SMILES string of the molecule is CCCCCCCOc1cccc2cc(CN3CCC(C(=O)OCC)CC3)ccc12. The average molecular weight is 412 g/mol. The quantitative estimate of drug-likeness (QED) is 0.338. The van der Waals surface area contributed by atoms with Gasteiger partial charge in [-0.25, -0.2) is 0 Å². The predicted molar refractivity (Wildman–Crippen MR) is 123 cm³/mol. The molecule has 1 aliphatic heterocycles. The van der Waals surface area contributed by atoms with E-state index in [9.17, 15) is 4.79 Å². The van der Waals surface area contributed by atoms with E-state index in [0.717, 1.165) is 51.3 Å². The molecule has 3 rings (SSSR count). The number of benzene rings is 2. The maximum atomic E-state index is 11.9. The molecule has 0 amide bonds. The van der Waals surface area contributed by atoms with Crippen LogP contribution in [0.25, 0.3) is 10.8 Å². The summed E-state index contributed by atoms with van der Waals surface area (Å²) in [6.45, 7) is 8.20. The van der Waals surface area contributed by atoms with Crippen LogP contribution in [0.5, 0.6) is 5.75 Å². The first-order valence-electron chi connectivity index (χ1n) is 11.7. The Kier molecular flexibility index (Phi) is 9.00. The van der Waals surface area contributed by atoms with Crippen molar-refractivity contribution in [1.29, 1.82) is 0 Å². The molecule has 1 saturated heterocycles. The lowest BCUT2D eigenvalue weighted by atomic mass is 9.96. The molecule has 0 saturated carbocycles. The van der Waals surface area contributed by atoms with Gasteiger partial charge < -0.3 is 9.47 Å². The zero-order valence-corrected chi connectivity index (χ0v) is 18.7. The molecule has 0 bridgehead atoms. The lowest BCUT2D eigenvalue weighted by molar-refractivity contribution is -0.149. The second-order valence-corrected chi connectivity index (χ2v) is 8.38. The summed E-state index contributed by atoms with van der Waals surface area (Å²) < 4.78 is 11.3. The van der Waals surface area contributed by atoms with Crippen molar-refractivity contribution in [2.75, 3.05) is 26.3 Å². The molecule has 0 unspecified atom stereocenters. The van der Waals surface area contributed by atoms with E-state index in [0.29, 0.717) is 6.61 Å². The van der Waals surface area contributed by atoms with Crippen molar-refractivity contribution in [2.45, 2.75) is 65.3 Å². The summed E-state index contributed by atoms with van der Waals surface area (Å²) in [4.78, 5) is 14.4. The Labute approximate surface area is 181 Å². The third-order valence-corrected chi connectivity index (χ3v) is 6.02. The van der Waals surface area contributed by atoms with Crippen molar-refractivity contribution in [3.8, 4) is 5.75 Å². The average Bonchev–Trinajstić information content (AvgIpc) is 2.77. The van der Waals surface area contributed by atoms with Gasteiger partial charge in [0.15, 0.2) is 0 Å². The zero-order valence-electron chi connectivity index (χ0n) is 18.7. The summed E-state index contributed by atoms with van der Waals surface area (Å²) in [5.41, 5.74) is 1.31. The van der Waals surface area contributed by atoms with Gasteiger partial charge in [-0.3, -0.25) is 9.69 Å². The van der Waals surface area contributed by atoms with Gasteiger partial charge in [-0.15, -0.1) is 0 Å². The zero-order chi connectivity index (χ0) is 21.2. The van der Waals surface area contributed by atoms with Crippen LogP contribution in [0.15, 0.2) is 36.4 Å². The summed E-state index contributed by atoms with van der Waals surface area (Å²) in [5.74, 6) is 1.03. The number of rotatable bonds is 11. The molecule has 0 aromatic heterocycles. The van der Waals surface area contributed by atoms with E-state index in [1.165, 1.54) is 42.0 Å². The molecule has 1 aliphatic rings. The molecule has 0 spiro atoms. The van der Waals surface area contributed by atoms with Gasteiger partial charge in [-0.1, -0.05) is 56.9 Å². The molecule has 0 atom stereocenters. The minimum atomic E-state index is -0.0271. The molecule has 0 radical (unpaired) electrons. The Morgan fingerprint density at radius 1 is 1.03 bits per heavy atom. The number of carbonyl (C=O) groups is 1. The Bertz CT molecular complexity index is 796. The molecule has 0 N–H and O–H groups in total. The highest BCUT2D eigenvalue weighted by Crippen LogP contribution is 2.28. The number of likely N-dealkylation sites (tertiary alicyclic amines) is 1. The van der Waals surface area contributed by atoms with Crippen molar-refractivity contribution in [1.82, 2.24) is 4.90 Å². The Morgan fingerprint density at radius 2 is 1.83 bits per heavy atom. The monoisotopic (exact) mass is 411 g/mol. The van der Waals surface area contributed by atoms with Crippen molar-refractivity contribution in [3.05, 3.63) is 42.0 Å². The van der Waals surface area contributed by atoms with Crippen molar-refractivity contribution >= 4 is 16.7 Å². The van der Waals surface area contributed by atoms with Crippen molar-refractivity contribution < 1.29 is 14.3 Å². The fraction of sp³-hybridized carbons (Fsp3) is 0.577. The number of fused-ring (bicyclic) bond motifs is 1. The van der Waals surface area contributed by atoms with Crippen LogP contribution < -0.4 is 4.74 Å². The summed E-state index contributed by atoms with van der Waals surface area (Å²) >= 11 is 0. The van der Waals surface area contributed by atoms with E-state index in [1.807, 2.05) is 6.92 Å². The Balaban J connectivity index is 1.53. The number of carbonyl (C=O) groups excluding carboxylic acids is 1. The van der Waals surface area contributed by atoms with Crippen LogP contribution in [0.4, 0.5) is 0 Å². The summed E-state index contributed by atoms with van der Waals surface area (Å²) in [6.07, 6.45) is 8.04. The molecule has 2 aromatic rings. The normalized spacial score (nSPS) is 15.4. The second-order valence-electron chi connectivity index (χ2n) is 8.38. The highest BCUT2D eigenvalue weighted by Gasteiger charge is 2.25. The van der Waals surface area contributed by atoms with E-state index in [4.69, 9.17) is 9.47 Å². The predicted octanol–water partition coefficient (Wildman–Crippen LogP) is 5.96. The molecule has 164 valence electrons. The first-order valence-corrected chi connectivity index (χ1v) is 11.7. The minimum Gasteiger partial charge on any atom is -0.493 e. The van der Waals surface area contributed by atoms with Crippen LogP contribution in [0.3, 0.4) is 0 Å². The van der Waals surface area contributed by atoms with E-state index in [1.54, 1.807) is 0 Å². The molecule has 30 heavy (non-hydrogen) atoms. The highest BCUT2D eigenvalue weighted by atomic mass is 16.5. The molecular weight excluding hydrogens is 374 g/mol. The van der Waals surface area contributed by atoms with Gasteiger partial charge in [-0.05, 0) is 62.4 Å². The lowest BCUT2D eigenvalue weighted by Crippen LogP contribution is -2.36. The third kappa shape index (κ3) is 6.46. The fourth-order valence-corrected chi connectivity index (χ4v) is 4.26. The number of esters is 1. The van der Waals surface area contributed by atoms with Gasteiger partial charge in [0.2, 0.25) is 0 Å². The van der Waals surface area contributed by atoms with Crippen LogP contribution in [0, 0.1) is 5.92 Å². The van der Waals surface area contributed by atoms with Crippen LogP contribution in [0.2, 0.25) is 0 Å². The standard InChI is InChI=1S/C26H37NO3/c1-3-5-6-7-8-18-30-25-11-9-10-23-19-21(12-13-24(23)25)20-27-16-14-22(15-17-27)26(28)29-4-2/h9-13,19,22H,3-8,14-18,20H2,1-2H3. The molecule has 1 heterocycles. The summed E-state index contributed by atoms with van der Waals surface area (Å²) in [5, 5.41) is 2.42. The molecule has 4 nitrogen and oxygen atoms in total. The van der Waals surface area contributed by atoms with Crippen LogP contribution in [0.1, 0.15) is 64.4 Å². The first-order chi connectivity index (χ1) is 14.7. The molecule has 0 aliphatic carbocycles.